The van der Waals surface area contributed by atoms with Gasteiger partial charge >= 0.3 is 0 Å². The number of hydrogen-bond donors (Lipinski definition) is 0. The molecular weight excluding hydrogens is 428 g/mol. The zero-order valence-corrected chi connectivity index (χ0v) is 17.3. The van der Waals surface area contributed by atoms with Crippen molar-refractivity contribution in [1.82, 2.24) is 0 Å². The number of nitrogens with zero attached hydrogens (tertiary/aromatic N) is 2. The van der Waals surface area contributed by atoms with Crippen LogP contribution in [-0.4, -0.2) is 13.0 Å². The monoisotopic (exact) mass is 444 g/mol. The lowest BCUT2D eigenvalue weighted by atomic mass is 9.83. The topological polar surface area (TPSA) is 32.8 Å². The Morgan fingerprint density at radius 1 is 0.966 bits per heavy atom. The molecular formula is C24H17BrN2O2. The van der Waals surface area contributed by atoms with Crippen LogP contribution in [0.3, 0.4) is 0 Å². The standard InChI is InChI=1S/C24H17BrN2O2/c1-26-20-11-10-16(25)14-19(20)24(23(26)28)18-8-4-5-9-21(18)27-13-12-15-6-2-3-7-17(15)22(27)29-24/h2-14,22H,1H3. The van der Waals surface area contributed by atoms with Gasteiger partial charge in [0.25, 0.3) is 5.91 Å². The van der Waals surface area contributed by atoms with Gasteiger partial charge in [-0.25, -0.2) is 0 Å². The smallest absolute Gasteiger partial charge is 0.268 e. The van der Waals surface area contributed by atoms with Gasteiger partial charge in [0.15, 0.2) is 6.23 Å². The first-order valence-corrected chi connectivity index (χ1v) is 10.3. The average Bonchev–Trinajstić information content (AvgIpc) is 2.96. The van der Waals surface area contributed by atoms with E-state index in [4.69, 9.17) is 4.74 Å². The Morgan fingerprint density at radius 3 is 2.66 bits per heavy atom. The number of para-hydroxylation sites is 1. The molecule has 4 nitrogen and oxygen atoms in total. The van der Waals surface area contributed by atoms with Gasteiger partial charge in [0, 0.05) is 34.4 Å². The number of ether oxygens (including phenoxy) is 1. The minimum absolute atomic E-state index is 0.0651. The molecule has 6 rings (SSSR count). The molecule has 3 aromatic carbocycles. The number of carbonyl (C=O) groups excluding carboxylic acids is 1. The van der Waals surface area contributed by atoms with Crippen LogP contribution in [0.25, 0.3) is 6.08 Å². The fourth-order valence-electron chi connectivity index (χ4n) is 4.75. The summed E-state index contributed by atoms with van der Waals surface area (Å²) in [5, 5.41) is 0. The second-order valence-electron chi connectivity index (χ2n) is 7.55. The van der Waals surface area contributed by atoms with Gasteiger partial charge < -0.3 is 14.5 Å². The summed E-state index contributed by atoms with van der Waals surface area (Å²) in [6, 6.07) is 22.2. The number of fused-ring (bicyclic) bond motifs is 8. The third-order valence-corrected chi connectivity index (χ3v) is 6.58. The zero-order chi connectivity index (χ0) is 19.8. The molecule has 0 aromatic heterocycles. The van der Waals surface area contributed by atoms with E-state index in [1.54, 1.807) is 4.90 Å². The van der Waals surface area contributed by atoms with Gasteiger partial charge in [-0.05, 0) is 35.9 Å². The molecule has 0 fully saturated rings. The molecule has 1 amide bonds. The van der Waals surface area contributed by atoms with Crippen molar-refractivity contribution < 1.29 is 9.53 Å². The van der Waals surface area contributed by atoms with Crippen LogP contribution in [0.2, 0.25) is 0 Å². The molecule has 3 aromatic rings. The molecule has 3 aliphatic rings. The summed E-state index contributed by atoms with van der Waals surface area (Å²) in [6.45, 7) is 0. The number of hydrogen-bond acceptors (Lipinski definition) is 3. The zero-order valence-electron chi connectivity index (χ0n) is 15.7. The molecule has 2 unspecified atom stereocenters. The fourth-order valence-corrected chi connectivity index (χ4v) is 5.11. The normalized spacial score (nSPS) is 23.7. The van der Waals surface area contributed by atoms with Crippen LogP contribution in [0.4, 0.5) is 11.4 Å². The van der Waals surface area contributed by atoms with Gasteiger partial charge in [0.1, 0.15) is 0 Å². The van der Waals surface area contributed by atoms with E-state index in [0.717, 1.165) is 38.1 Å². The first-order chi connectivity index (χ1) is 14.1. The molecule has 0 radical (unpaired) electrons. The lowest BCUT2D eigenvalue weighted by Crippen LogP contribution is -2.49. The van der Waals surface area contributed by atoms with E-state index in [9.17, 15) is 4.79 Å². The summed E-state index contributed by atoms with van der Waals surface area (Å²) < 4.78 is 7.74. The van der Waals surface area contributed by atoms with Gasteiger partial charge in [0.05, 0.1) is 11.4 Å². The van der Waals surface area contributed by atoms with Crippen molar-refractivity contribution in [1.29, 1.82) is 0 Å². The summed E-state index contributed by atoms with van der Waals surface area (Å²) in [4.78, 5) is 17.6. The van der Waals surface area contributed by atoms with E-state index >= 15 is 0 Å². The minimum atomic E-state index is -1.18. The number of likely N-dealkylation sites (N-methyl/N-ethyl adjacent to an activating group) is 1. The Morgan fingerprint density at radius 2 is 1.76 bits per heavy atom. The molecule has 5 heteroatoms. The first-order valence-electron chi connectivity index (χ1n) is 9.52. The Labute approximate surface area is 177 Å². The van der Waals surface area contributed by atoms with Gasteiger partial charge in [-0.3, -0.25) is 4.79 Å². The van der Waals surface area contributed by atoms with Crippen LogP contribution in [0.5, 0.6) is 0 Å². The van der Waals surface area contributed by atoms with Crippen molar-refractivity contribution >= 4 is 39.3 Å². The molecule has 29 heavy (non-hydrogen) atoms. The quantitative estimate of drug-likeness (QED) is 0.478. The van der Waals surface area contributed by atoms with Crippen molar-refractivity contribution in [2.75, 3.05) is 16.8 Å². The maximum atomic E-state index is 13.7. The van der Waals surface area contributed by atoms with Crippen LogP contribution < -0.4 is 9.80 Å². The van der Waals surface area contributed by atoms with Crippen LogP contribution in [0.15, 0.2) is 77.4 Å². The van der Waals surface area contributed by atoms with Gasteiger partial charge in [-0.1, -0.05) is 58.4 Å². The molecule has 0 saturated heterocycles. The van der Waals surface area contributed by atoms with E-state index in [1.807, 2.05) is 61.8 Å². The molecule has 142 valence electrons. The van der Waals surface area contributed by atoms with Crippen LogP contribution >= 0.6 is 15.9 Å². The number of amides is 1. The molecule has 2 atom stereocenters. The van der Waals surface area contributed by atoms with Crippen LogP contribution in [0.1, 0.15) is 28.5 Å². The number of benzene rings is 3. The number of anilines is 2. The van der Waals surface area contributed by atoms with E-state index in [-0.39, 0.29) is 12.1 Å². The summed E-state index contributed by atoms with van der Waals surface area (Å²) in [5.74, 6) is -0.0651. The largest absolute Gasteiger partial charge is 0.328 e. The highest BCUT2D eigenvalue weighted by Gasteiger charge is 2.58. The first kappa shape index (κ1) is 17.0. The highest BCUT2D eigenvalue weighted by atomic mass is 79.9. The molecule has 0 N–H and O–H groups in total. The molecule has 3 aliphatic heterocycles. The maximum absolute atomic E-state index is 13.7. The van der Waals surface area contributed by atoms with Crippen LogP contribution in [0, 0.1) is 0 Å². The minimum Gasteiger partial charge on any atom is -0.328 e. The average molecular weight is 445 g/mol. The van der Waals surface area contributed by atoms with Crippen molar-refractivity contribution in [3.05, 3.63) is 99.7 Å². The fraction of sp³-hybridized carbons (Fsp3) is 0.125. The van der Waals surface area contributed by atoms with Gasteiger partial charge in [-0.2, -0.15) is 0 Å². The van der Waals surface area contributed by atoms with Crippen molar-refractivity contribution in [2.24, 2.45) is 0 Å². The lowest BCUT2D eigenvalue weighted by Gasteiger charge is -2.46. The Kier molecular flexibility index (Phi) is 3.41. The van der Waals surface area contributed by atoms with E-state index < -0.39 is 5.60 Å². The van der Waals surface area contributed by atoms with Gasteiger partial charge in [-0.15, -0.1) is 0 Å². The van der Waals surface area contributed by atoms with Crippen molar-refractivity contribution in [2.45, 2.75) is 11.8 Å². The number of halogens is 1. The highest BCUT2D eigenvalue weighted by molar-refractivity contribution is 9.10. The number of rotatable bonds is 0. The molecule has 0 aliphatic carbocycles. The second kappa shape index (κ2) is 5.81. The predicted octanol–water partition coefficient (Wildman–Crippen LogP) is 5.19. The van der Waals surface area contributed by atoms with Crippen molar-refractivity contribution in [3.63, 3.8) is 0 Å². The lowest BCUT2D eigenvalue weighted by molar-refractivity contribution is -0.147. The van der Waals surface area contributed by atoms with E-state index in [2.05, 4.69) is 45.1 Å². The Balaban J connectivity index is 1.68. The van der Waals surface area contributed by atoms with Gasteiger partial charge in [0.2, 0.25) is 5.60 Å². The summed E-state index contributed by atoms with van der Waals surface area (Å²) in [5.41, 5.74) is 4.60. The SMILES string of the molecule is CN1C(=O)C2(OC3c4ccccc4C=CN3c3ccccc32)c2cc(Br)ccc21. The Hall–Kier alpha value is -2.89. The molecule has 0 bridgehead atoms. The van der Waals surface area contributed by atoms with E-state index in [0.29, 0.717) is 0 Å². The highest BCUT2D eigenvalue weighted by Crippen LogP contribution is 2.56. The van der Waals surface area contributed by atoms with E-state index in [1.165, 1.54) is 0 Å². The third-order valence-electron chi connectivity index (χ3n) is 6.08. The van der Waals surface area contributed by atoms with Crippen LogP contribution in [-0.2, 0) is 15.1 Å². The second-order valence-corrected chi connectivity index (χ2v) is 8.46. The molecule has 3 heterocycles. The third kappa shape index (κ3) is 2.09. The maximum Gasteiger partial charge on any atom is 0.268 e. The number of carbonyl (C=O) groups is 1. The molecule has 0 saturated carbocycles. The summed E-state index contributed by atoms with van der Waals surface area (Å²) >= 11 is 3.58. The Bertz CT molecular complexity index is 1220. The summed E-state index contributed by atoms with van der Waals surface area (Å²) in [6.07, 6.45) is 3.76. The summed E-state index contributed by atoms with van der Waals surface area (Å²) in [7, 11) is 1.82. The van der Waals surface area contributed by atoms with Crippen molar-refractivity contribution in [3.8, 4) is 0 Å². The predicted molar refractivity (Wildman–Crippen MR) is 117 cm³/mol. The molecule has 1 spiro atoms.